The first-order valence-corrected chi connectivity index (χ1v) is 6.99. The van der Waals surface area contributed by atoms with Crippen molar-refractivity contribution >= 4 is 16.8 Å². The Morgan fingerprint density at radius 3 is 2.90 bits per heavy atom. The molecule has 0 radical (unpaired) electrons. The highest BCUT2D eigenvalue weighted by molar-refractivity contribution is 6.06. The highest BCUT2D eigenvalue weighted by Crippen LogP contribution is 2.22. The van der Waals surface area contributed by atoms with Gasteiger partial charge in [-0.05, 0) is 36.5 Å². The van der Waals surface area contributed by atoms with Crippen LogP contribution in [0, 0.1) is 5.41 Å². The van der Waals surface area contributed by atoms with E-state index in [0.717, 1.165) is 23.7 Å². The van der Waals surface area contributed by atoms with Crippen molar-refractivity contribution in [3.8, 4) is 0 Å². The highest BCUT2D eigenvalue weighted by atomic mass is 16.2. The zero-order valence-electron chi connectivity index (χ0n) is 12.1. The third-order valence-electron chi connectivity index (χ3n) is 3.58. The Hall–Kier alpha value is -1.81. The van der Waals surface area contributed by atoms with Gasteiger partial charge < -0.3 is 15.4 Å². The molecule has 4 nitrogen and oxygen atoms in total. The van der Waals surface area contributed by atoms with Crippen molar-refractivity contribution < 1.29 is 9.90 Å². The molecule has 0 aliphatic rings. The lowest BCUT2D eigenvalue weighted by Crippen LogP contribution is -2.34. The molecule has 1 amide bonds. The molecule has 0 saturated heterocycles. The van der Waals surface area contributed by atoms with Crippen LogP contribution in [-0.2, 0) is 0 Å². The number of nitrogens with one attached hydrogen (secondary N) is 2. The van der Waals surface area contributed by atoms with E-state index in [1.165, 1.54) is 0 Å². The van der Waals surface area contributed by atoms with Crippen molar-refractivity contribution in [2.24, 2.45) is 5.41 Å². The van der Waals surface area contributed by atoms with Gasteiger partial charge in [0.1, 0.15) is 0 Å². The zero-order valence-corrected chi connectivity index (χ0v) is 12.1. The average molecular weight is 274 g/mol. The van der Waals surface area contributed by atoms with Gasteiger partial charge in [0.25, 0.3) is 5.91 Å². The molecule has 1 aromatic heterocycles. The summed E-state index contributed by atoms with van der Waals surface area (Å²) in [5, 5.41) is 12.8. The summed E-state index contributed by atoms with van der Waals surface area (Å²) < 4.78 is 0. The van der Waals surface area contributed by atoms with Crippen LogP contribution < -0.4 is 5.32 Å². The number of aliphatic hydroxyl groups excluding tert-OH is 1. The molecule has 0 atom stereocenters. The fraction of sp³-hybridized carbons (Fsp3) is 0.438. The predicted octanol–water partition coefficient (Wildman–Crippen LogP) is 2.70. The van der Waals surface area contributed by atoms with Gasteiger partial charge >= 0.3 is 0 Å². The molecule has 1 heterocycles. The lowest BCUT2D eigenvalue weighted by molar-refractivity contribution is 0.0934. The molecule has 2 rings (SSSR count). The number of rotatable bonds is 6. The number of aromatic nitrogens is 1. The summed E-state index contributed by atoms with van der Waals surface area (Å²) in [6.07, 6.45) is 3.49. The van der Waals surface area contributed by atoms with E-state index >= 15 is 0 Å². The summed E-state index contributed by atoms with van der Waals surface area (Å²) in [5.41, 5.74) is 1.66. The maximum absolute atomic E-state index is 12.3. The van der Waals surface area contributed by atoms with E-state index < -0.39 is 0 Å². The summed E-state index contributed by atoms with van der Waals surface area (Å²) in [5.74, 6) is -0.0488. The number of carbonyl (C=O) groups excluding carboxylic acids is 1. The van der Waals surface area contributed by atoms with Crippen molar-refractivity contribution in [2.45, 2.75) is 26.7 Å². The van der Waals surface area contributed by atoms with Gasteiger partial charge in [-0.3, -0.25) is 4.79 Å². The molecule has 0 aliphatic carbocycles. The van der Waals surface area contributed by atoms with Crippen LogP contribution >= 0.6 is 0 Å². The van der Waals surface area contributed by atoms with Crippen LogP contribution in [0.4, 0.5) is 0 Å². The minimum Gasteiger partial charge on any atom is -0.396 e. The van der Waals surface area contributed by atoms with Gasteiger partial charge in [0.2, 0.25) is 0 Å². The van der Waals surface area contributed by atoms with Crippen LogP contribution in [-0.4, -0.2) is 29.1 Å². The Labute approximate surface area is 119 Å². The number of amides is 1. The predicted molar refractivity (Wildman–Crippen MR) is 80.7 cm³/mol. The Balaban J connectivity index is 2.03. The summed E-state index contributed by atoms with van der Waals surface area (Å²) in [4.78, 5) is 15.4. The van der Waals surface area contributed by atoms with Gasteiger partial charge in [0.15, 0.2) is 0 Å². The quantitative estimate of drug-likeness (QED) is 0.758. The van der Waals surface area contributed by atoms with Crippen LogP contribution in [0.5, 0.6) is 0 Å². The molecule has 1 aromatic carbocycles. The third-order valence-corrected chi connectivity index (χ3v) is 3.58. The summed E-state index contributed by atoms with van der Waals surface area (Å²) in [6, 6.07) is 7.59. The summed E-state index contributed by atoms with van der Waals surface area (Å²) in [6.45, 7) is 4.99. The minimum absolute atomic E-state index is 0.00949. The topological polar surface area (TPSA) is 65.1 Å². The zero-order chi connectivity index (χ0) is 14.6. The molecule has 0 unspecified atom stereocenters. The molecule has 3 N–H and O–H groups in total. The fourth-order valence-electron chi connectivity index (χ4n) is 2.34. The Kier molecular flexibility index (Phi) is 4.45. The van der Waals surface area contributed by atoms with Crippen molar-refractivity contribution in [3.05, 3.63) is 36.0 Å². The third kappa shape index (κ3) is 3.39. The van der Waals surface area contributed by atoms with Crippen molar-refractivity contribution in [1.82, 2.24) is 10.3 Å². The van der Waals surface area contributed by atoms with E-state index in [-0.39, 0.29) is 17.9 Å². The number of aromatic amines is 1. The normalized spacial score (nSPS) is 11.8. The van der Waals surface area contributed by atoms with E-state index in [1.807, 2.05) is 30.5 Å². The average Bonchev–Trinajstić information content (AvgIpc) is 2.91. The maximum atomic E-state index is 12.3. The molecular weight excluding hydrogens is 252 g/mol. The van der Waals surface area contributed by atoms with Gasteiger partial charge in [-0.2, -0.15) is 0 Å². The van der Waals surface area contributed by atoms with Gasteiger partial charge in [-0.1, -0.05) is 19.9 Å². The molecule has 0 bridgehead atoms. The van der Waals surface area contributed by atoms with Crippen LogP contribution in [0.3, 0.4) is 0 Å². The molecular formula is C16H22N2O2. The van der Waals surface area contributed by atoms with E-state index in [1.54, 1.807) is 0 Å². The standard InChI is InChI=1S/C16H22N2O2/c1-16(2,8-4-10-19)11-18-15(20)13-5-3-6-14-12(13)7-9-17-14/h3,5-7,9,17,19H,4,8,10-11H2,1-2H3,(H,18,20). The van der Waals surface area contributed by atoms with Crippen molar-refractivity contribution in [2.75, 3.05) is 13.2 Å². The van der Waals surface area contributed by atoms with E-state index in [2.05, 4.69) is 24.1 Å². The number of hydrogen-bond acceptors (Lipinski definition) is 2. The van der Waals surface area contributed by atoms with Gasteiger partial charge in [-0.15, -0.1) is 0 Å². The smallest absolute Gasteiger partial charge is 0.251 e. The number of benzene rings is 1. The number of fused-ring (bicyclic) bond motifs is 1. The van der Waals surface area contributed by atoms with Gasteiger partial charge in [-0.25, -0.2) is 0 Å². The first-order chi connectivity index (χ1) is 9.53. The SMILES string of the molecule is CC(C)(CCCO)CNC(=O)c1cccc2[nH]ccc12. The molecule has 2 aromatic rings. The van der Waals surface area contributed by atoms with E-state index in [0.29, 0.717) is 12.1 Å². The lowest BCUT2D eigenvalue weighted by atomic mass is 9.88. The molecule has 0 fully saturated rings. The van der Waals surface area contributed by atoms with Gasteiger partial charge in [0, 0.05) is 35.8 Å². The molecule has 0 saturated carbocycles. The number of carbonyl (C=O) groups is 1. The molecule has 0 spiro atoms. The minimum atomic E-state index is -0.0488. The van der Waals surface area contributed by atoms with Crippen LogP contribution in [0.25, 0.3) is 10.9 Å². The summed E-state index contributed by atoms with van der Waals surface area (Å²) in [7, 11) is 0. The molecule has 108 valence electrons. The highest BCUT2D eigenvalue weighted by Gasteiger charge is 2.19. The number of aliphatic hydroxyl groups is 1. The molecule has 20 heavy (non-hydrogen) atoms. The lowest BCUT2D eigenvalue weighted by Gasteiger charge is -2.24. The molecule has 4 heteroatoms. The second-order valence-electron chi connectivity index (χ2n) is 5.92. The van der Waals surface area contributed by atoms with Crippen LogP contribution in [0.1, 0.15) is 37.0 Å². The first kappa shape index (κ1) is 14.6. The first-order valence-electron chi connectivity index (χ1n) is 6.99. The number of hydrogen-bond donors (Lipinski definition) is 3. The largest absolute Gasteiger partial charge is 0.396 e. The monoisotopic (exact) mass is 274 g/mol. The second kappa shape index (κ2) is 6.09. The second-order valence-corrected chi connectivity index (χ2v) is 5.92. The number of H-pyrrole nitrogens is 1. The maximum Gasteiger partial charge on any atom is 0.251 e. The Bertz CT molecular complexity index is 587. The van der Waals surface area contributed by atoms with Crippen molar-refractivity contribution in [3.63, 3.8) is 0 Å². The van der Waals surface area contributed by atoms with E-state index in [9.17, 15) is 4.79 Å². The summed E-state index contributed by atoms with van der Waals surface area (Å²) >= 11 is 0. The molecule has 0 aliphatic heterocycles. The fourth-order valence-corrected chi connectivity index (χ4v) is 2.34. The van der Waals surface area contributed by atoms with Crippen molar-refractivity contribution in [1.29, 1.82) is 0 Å². The Morgan fingerprint density at radius 1 is 1.35 bits per heavy atom. The van der Waals surface area contributed by atoms with Gasteiger partial charge in [0.05, 0.1) is 0 Å². The Morgan fingerprint density at radius 2 is 2.15 bits per heavy atom. The van der Waals surface area contributed by atoms with Crippen LogP contribution in [0.15, 0.2) is 30.5 Å². The van der Waals surface area contributed by atoms with E-state index in [4.69, 9.17) is 5.11 Å². The van der Waals surface area contributed by atoms with Crippen LogP contribution in [0.2, 0.25) is 0 Å².